The number of imidazole rings is 1. The van der Waals surface area contributed by atoms with Gasteiger partial charge in [-0.05, 0) is 92.0 Å². The number of nitrogens with zero attached hydrogens (tertiary/aromatic N) is 2. The number of hydrogen-bond donors (Lipinski definition) is 2. The largest absolute Gasteiger partial charge is 0.486 e. The van der Waals surface area contributed by atoms with E-state index in [0.29, 0.717) is 23.7 Å². The Morgan fingerprint density at radius 3 is 2.33 bits per heavy atom. The number of benzene rings is 3. The minimum Gasteiger partial charge on any atom is -0.486 e. The quantitative estimate of drug-likeness (QED) is 0.281. The van der Waals surface area contributed by atoms with Crippen LogP contribution >= 0.6 is 11.8 Å². The monoisotopic (exact) mass is 558 g/mol. The maximum Gasteiger partial charge on any atom is 0.286 e. The molecule has 1 unspecified atom stereocenters. The first kappa shape index (κ1) is 27.3. The molecule has 0 radical (unpaired) electrons. The molecule has 0 bridgehead atoms. The third kappa shape index (κ3) is 5.67. The maximum atomic E-state index is 12.1. The summed E-state index contributed by atoms with van der Waals surface area (Å²) in [5.74, 6) is 2.42. The van der Waals surface area contributed by atoms with Gasteiger partial charge in [0.15, 0.2) is 0 Å². The Labute approximate surface area is 236 Å². The summed E-state index contributed by atoms with van der Waals surface area (Å²) in [5, 5.41) is 4.91. The maximum absolute atomic E-state index is 12.1. The van der Waals surface area contributed by atoms with Crippen molar-refractivity contribution in [3.8, 4) is 17.2 Å². The topological polar surface area (TPSA) is 112 Å². The molecule has 10 heteroatoms. The van der Waals surface area contributed by atoms with Crippen LogP contribution in [-0.4, -0.2) is 31.4 Å². The summed E-state index contributed by atoms with van der Waals surface area (Å²) < 4.78 is 13.3. The molecule has 3 amide bonds. The van der Waals surface area contributed by atoms with Crippen molar-refractivity contribution in [2.75, 3.05) is 5.32 Å². The molecule has 5 rings (SSSR count). The molecule has 206 valence electrons. The van der Waals surface area contributed by atoms with E-state index in [0.717, 1.165) is 51.0 Å². The molecule has 0 spiro atoms. The van der Waals surface area contributed by atoms with Crippen LogP contribution < -0.4 is 20.1 Å². The number of rotatable bonds is 8. The minimum absolute atomic E-state index is 0.111. The molecule has 1 aliphatic heterocycles. The van der Waals surface area contributed by atoms with Crippen LogP contribution in [0.2, 0.25) is 0 Å². The molecule has 9 nitrogen and oxygen atoms in total. The Kier molecular flexibility index (Phi) is 7.29. The van der Waals surface area contributed by atoms with Crippen LogP contribution in [0.15, 0.2) is 54.6 Å². The van der Waals surface area contributed by atoms with E-state index in [2.05, 4.69) is 10.6 Å². The van der Waals surface area contributed by atoms with E-state index in [-0.39, 0.29) is 23.7 Å². The van der Waals surface area contributed by atoms with Gasteiger partial charge in [-0.2, -0.15) is 0 Å². The minimum atomic E-state index is -0.803. The molecule has 1 aromatic heterocycles. The summed E-state index contributed by atoms with van der Waals surface area (Å²) in [4.78, 5) is 39.9. The van der Waals surface area contributed by atoms with Crippen molar-refractivity contribution in [3.05, 3.63) is 77.1 Å². The van der Waals surface area contributed by atoms with Crippen LogP contribution in [0, 0.1) is 13.8 Å². The molecule has 2 heterocycles. The lowest BCUT2D eigenvalue weighted by Crippen LogP contribution is -2.35. The number of aromatic nitrogens is 2. The van der Waals surface area contributed by atoms with Gasteiger partial charge in [-0.15, -0.1) is 0 Å². The third-order valence-electron chi connectivity index (χ3n) is 6.83. The number of carbonyl (C=O) groups is 3. The summed E-state index contributed by atoms with van der Waals surface area (Å²) in [7, 11) is 1.93. The summed E-state index contributed by atoms with van der Waals surface area (Å²) >= 11 is 1.03. The molecule has 3 aromatic carbocycles. The van der Waals surface area contributed by atoms with E-state index in [1.54, 1.807) is 6.92 Å². The van der Waals surface area contributed by atoms with Crippen molar-refractivity contribution in [2.24, 2.45) is 7.05 Å². The average Bonchev–Trinajstić information content (AvgIpc) is 3.34. The first-order valence-corrected chi connectivity index (χ1v) is 13.6. The van der Waals surface area contributed by atoms with E-state index in [9.17, 15) is 14.4 Å². The van der Waals surface area contributed by atoms with Crippen molar-refractivity contribution in [2.45, 2.75) is 45.5 Å². The Morgan fingerprint density at radius 2 is 1.70 bits per heavy atom. The van der Waals surface area contributed by atoms with Gasteiger partial charge in [0.25, 0.3) is 5.24 Å². The molecule has 4 aromatic rings. The summed E-state index contributed by atoms with van der Waals surface area (Å²) in [5.41, 5.74) is 5.32. The van der Waals surface area contributed by atoms with Gasteiger partial charge in [0.1, 0.15) is 34.4 Å². The molecule has 1 fully saturated rings. The van der Waals surface area contributed by atoms with Crippen molar-refractivity contribution < 1.29 is 23.9 Å². The van der Waals surface area contributed by atoms with Crippen molar-refractivity contribution in [3.63, 3.8) is 0 Å². The number of hydrogen-bond acceptors (Lipinski definition) is 7. The molecule has 0 aliphatic carbocycles. The van der Waals surface area contributed by atoms with Crippen LogP contribution in [0.1, 0.15) is 36.4 Å². The second-order valence-corrected chi connectivity index (χ2v) is 11.6. The van der Waals surface area contributed by atoms with E-state index < -0.39 is 4.75 Å². The van der Waals surface area contributed by atoms with Crippen LogP contribution in [0.5, 0.6) is 17.2 Å². The zero-order valence-corrected chi connectivity index (χ0v) is 23.8. The lowest BCUT2D eigenvalue weighted by molar-refractivity contribution is -0.121. The number of thioether (sulfide) groups is 1. The second-order valence-electron chi connectivity index (χ2n) is 10.1. The van der Waals surface area contributed by atoms with Gasteiger partial charge in [-0.3, -0.25) is 19.7 Å². The van der Waals surface area contributed by atoms with Crippen LogP contribution in [-0.2, 0) is 29.7 Å². The summed E-state index contributed by atoms with van der Waals surface area (Å²) in [6, 6.07) is 17.1. The summed E-state index contributed by atoms with van der Waals surface area (Å²) in [6.45, 7) is 7.41. The highest BCUT2D eigenvalue weighted by Gasteiger charge is 2.43. The van der Waals surface area contributed by atoms with Gasteiger partial charge < -0.3 is 19.4 Å². The zero-order valence-electron chi connectivity index (χ0n) is 23.0. The predicted octanol–water partition coefficient (Wildman–Crippen LogP) is 5.80. The normalized spacial score (nSPS) is 16.7. The van der Waals surface area contributed by atoms with E-state index in [1.165, 1.54) is 6.92 Å². The molecule has 2 N–H and O–H groups in total. The molecule has 0 saturated carbocycles. The van der Waals surface area contributed by atoms with Crippen molar-refractivity contribution in [1.82, 2.24) is 14.9 Å². The van der Waals surface area contributed by atoms with E-state index >= 15 is 0 Å². The lowest BCUT2D eigenvalue weighted by atomic mass is 9.99. The lowest BCUT2D eigenvalue weighted by Gasteiger charge is -2.18. The number of fused-ring (bicyclic) bond motifs is 1. The predicted molar refractivity (Wildman–Crippen MR) is 155 cm³/mol. The Balaban J connectivity index is 1.26. The number of anilines is 1. The molecule has 1 aliphatic rings. The van der Waals surface area contributed by atoms with Gasteiger partial charge in [0, 0.05) is 25.7 Å². The third-order valence-corrected chi connectivity index (χ3v) is 7.90. The molecular formula is C30H30N4O5S. The Bertz CT molecular complexity index is 1620. The molecular weight excluding hydrogens is 528 g/mol. The number of amides is 3. The standard InChI is InChI=1S/C30H30N4O5S/c1-17-12-23(13-18(2)27(17)31-19(3)35)39-22-10-11-24-25(14-22)34(5)26(32-24)16-38-21-8-6-20(7-9-21)15-30(4)28(36)33-29(37)40-30/h6-14H,15-16H2,1-5H3,(H,31,35)(H,33,36,37). The van der Waals surface area contributed by atoms with Gasteiger partial charge >= 0.3 is 0 Å². The highest BCUT2D eigenvalue weighted by Crippen LogP contribution is 2.35. The SMILES string of the molecule is CC(=O)Nc1c(C)cc(Oc2ccc3nc(COc4ccc(CC5(C)SC(=O)NC5=O)cc4)n(C)c3c2)cc1C. The van der Waals surface area contributed by atoms with Gasteiger partial charge in [0.05, 0.1) is 11.0 Å². The average molecular weight is 559 g/mol. The first-order chi connectivity index (χ1) is 19.0. The van der Waals surface area contributed by atoms with Gasteiger partial charge in [0.2, 0.25) is 11.8 Å². The number of imide groups is 1. The highest BCUT2D eigenvalue weighted by atomic mass is 32.2. The van der Waals surface area contributed by atoms with Crippen LogP contribution in [0.3, 0.4) is 0 Å². The molecule has 1 saturated heterocycles. The first-order valence-electron chi connectivity index (χ1n) is 12.8. The fourth-order valence-corrected chi connectivity index (χ4v) is 5.70. The smallest absolute Gasteiger partial charge is 0.286 e. The van der Waals surface area contributed by atoms with Gasteiger partial charge in [-0.25, -0.2) is 4.98 Å². The summed E-state index contributed by atoms with van der Waals surface area (Å²) in [6.07, 6.45) is 0.448. The van der Waals surface area contributed by atoms with Gasteiger partial charge in [-0.1, -0.05) is 12.1 Å². The number of carbonyl (C=O) groups excluding carboxylic acids is 3. The highest BCUT2D eigenvalue weighted by molar-refractivity contribution is 8.16. The number of nitrogens with one attached hydrogen (secondary N) is 2. The number of ether oxygens (including phenoxy) is 2. The van der Waals surface area contributed by atoms with Crippen molar-refractivity contribution >= 4 is 45.5 Å². The van der Waals surface area contributed by atoms with Crippen LogP contribution in [0.25, 0.3) is 11.0 Å². The van der Waals surface area contributed by atoms with Crippen LogP contribution in [0.4, 0.5) is 10.5 Å². The van der Waals surface area contributed by atoms with E-state index in [4.69, 9.17) is 14.5 Å². The fourth-order valence-electron chi connectivity index (χ4n) is 4.76. The number of aryl methyl sites for hydroxylation is 3. The molecule has 40 heavy (non-hydrogen) atoms. The van der Waals surface area contributed by atoms with E-state index in [1.807, 2.05) is 80.1 Å². The second kappa shape index (κ2) is 10.7. The zero-order chi connectivity index (χ0) is 28.6. The molecule has 1 atom stereocenters. The Morgan fingerprint density at radius 1 is 1.02 bits per heavy atom. The Hall–Kier alpha value is -4.31. The fraction of sp³-hybridized carbons (Fsp3) is 0.267. The van der Waals surface area contributed by atoms with Crippen molar-refractivity contribution in [1.29, 1.82) is 0 Å².